The molecule has 2 N–H and O–H groups in total. The summed E-state index contributed by atoms with van der Waals surface area (Å²) >= 11 is 6.22. The Morgan fingerprint density at radius 3 is 2.54 bits per heavy atom. The Bertz CT molecular complexity index is 1080. The predicted octanol–water partition coefficient (Wildman–Crippen LogP) is 6.06. The van der Waals surface area contributed by atoms with Gasteiger partial charge < -0.3 is 19.7 Å². The summed E-state index contributed by atoms with van der Waals surface area (Å²) in [6.45, 7) is 6.81. The lowest BCUT2D eigenvalue weighted by Gasteiger charge is -2.63. The van der Waals surface area contributed by atoms with E-state index in [4.69, 9.17) is 21.1 Å². The van der Waals surface area contributed by atoms with Crippen molar-refractivity contribution in [3.05, 3.63) is 34.9 Å². The van der Waals surface area contributed by atoms with E-state index in [0.29, 0.717) is 41.7 Å². The van der Waals surface area contributed by atoms with Gasteiger partial charge in [0.2, 0.25) is 0 Å². The van der Waals surface area contributed by atoms with Crippen molar-refractivity contribution in [2.75, 3.05) is 7.11 Å². The number of fused-ring (bicyclic) bond motifs is 5. The van der Waals surface area contributed by atoms with Crippen LogP contribution in [0.4, 0.5) is 0 Å². The van der Waals surface area contributed by atoms with Gasteiger partial charge in [-0.05, 0) is 110 Å². The van der Waals surface area contributed by atoms with Crippen molar-refractivity contribution >= 4 is 23.5 Å². The Labute approximate surface area is 237 Å². The van der Waals surface area contributed by atoms with E-state index < -0.39 is 12.2 Å². The lowest BCUT2D eigenvalue weighted by molar-refractivity contribution is -0.207. The van der Waals surface area contributed by atoms with Gasteiger partial charge in [-0.15, -0.1) is 0 Å². The van der Waals surface area contributed by atoms with Crippen molar-refractivity contribution in [1.29, 1.82) is 0 Å². The lowest BCUT2D eigenvalue weighted by Crippen LogP contribution is -2.62. The summed E-state index contributed by atoms with van der Waals surface area (Å²) in [5.41, 5.74) is 0.124. The molecule has 4 aliphatic rings. The monoisotopic (exact) mass is 560 g/mol. The van der Waals surface area contributed by atoms with Gasteiger partial charge in [0.25, 0.3) is 0 Å². The number of hydrogen-bond acceptors (Lipinski definition) is 6. The number of ether oxygens (including phenoxy) is 2. The maximum absolute atomic E-state index is 12.8. The van der Waals surface area contributed by atoms with Crippen LogP contribution in [0.3, 0.4) is 0 Å². The minimum atomic E-state index is -0.435. The van der Waals surface area contributed by atoms with Crippen LogP contribution in [0.5, 0.6) is 0 Å². The molecule has 216 valence electrons. The molecule has 0 radical (unpaired) electrons. The third kappa shape index (κ3) is 4.93. The Morgan fingerprint density at radius 2 is 1.82 bits per heavy atom. The fraction of sp³-hybridized carbons (Fsp3) is 0.750. The van der Waals surface area contributed by atoms with Crippen molar-refractivity contribution in [1.82, 2.24) is 0 Å². The number of carbonyl (C=O) groups is 2. The highest BCUT2D eigenvalue weighted by Gasteiger charge is 2.65. The van der Waals surface area contributed by atoms with Crippen LogP contribution in [0.1, 0.15) is 88.9 Å². The first-order valence-electron chi connectivity index (χ1n) is 14.9. The normalized spacial score (nSPS) is 42.0. The molecule has 0 heterocycles. The van der Waals surface area contributed by atoms with Gasteiger partial charge in [-0.2, -0.15) is 0 Å². The highest BCUT2D eigenvalue weighted by Crippen LogP contribution is 2.68. The molecular weight excluding hydrogens is 516 g/mol. The lowest BCUT2D eigenvalue weighted by atomic mass is 9.43. The molecule has 5 rings (SSSR count). The van der Waals surface area contributed by atoms with Crippen molar-refractivity contribution in [3.8, 4) is 0 Å². The predicted molar refractivity (Wildman–Crippen MR) is 149 cm³/mol. The molecule has 0 amide bonds. The largest absolute Gasteiger partial charge is 0.469 e. The van der Waals surface area contributed by atoms with Crippen LogP contribution >= 0.6 is 11.6 Å². The van der Waals surface area contributed by atoms with E-state index in [2.05, 4.69) is 20.8 Å². The number of benzene rings is 1. The van der Waals surface area contributed by atoms with E-state index in [9.17, 15) is 19.8 Å². The molecular formula is C32H45ClO6. The van der Waals surface area contributed by atoms with Crippen LogP contribution < -0.4 is 0 Å². The standard InChI is InChI=1S/C32H45ClO6/c1-18(9-12-28(36)38-4)22-10-11-23-29-24(17-27(35)32(22,23)3)31(2)14-13-20(15-19(31)16-26(29)34)39-30(37)21-7-5-6-8-25(21)33/h5-8,18-20,22-24,26-27,29,34-35H,9-17H2,1-4H3/t18-,19+,20-,22-,23+,24+,26-,27+,29+,31+,32-/m1/s1. The molecule has 39 heavy (non-hydrogen) atoms. The van der Waals surface area contributed by atoms with Crippen LogP contribution in [-0.4, -0.2) is 47.6 Å². The number of carbonyl (C=O) groups excluding carboxylic acids is 2. The van der Waals surface area contributed by atoms with Gasteiger partial charge in [-0.3, -0.25) is 4.79 Å². The average Bonchev–Trinajstić information content (AvgIpc) is 3.27. The van der Waals surface area contributed by atoms with Crippen LogP contribution in [0.15, 0.2) is 24.3 Å². The van der Waals surface area contributed by atoms with E-state index >= 15 is 0 Å². The first-order valence-corrected chi connectivity index (χ1v) is 15.3. The molecule has 0 aliphatic heterocycles. The van der Waals surface area contributed by atoms with Gasteiger partial charge in [0.15, 0.2) is 0 Å². The Hall–Kier alpha value is -1.63. The van der Waals surface area contributed by atoms with Crippen molar-refractivity contribution < 1.29 is 29.3 Å². The summed E-state index contributed by atoms with van der Waals surface area (Å²) in [6.07, 6.45) is 6.00. The topological polar surface area (TPSA) is 93.1 Å². The highest BCUT2D eigenvalue weighted by molar-refractivity contribution is 6.33. The fourth-order valence-electron chi connectivity index (χ4n) is 9.71. The SMILES string of the molecule is COC(=O)CC[C@@H](C)[C@H]1CC[C@H]2[C@@H]3[C@H](O)C[C@@H]4C[C@H](OC(=O)c5ccccc5Cl)CC[C@]4(C)[C@H]3C[C@H](O)[C@]12C. The second kappa shape index (κ2) is 11.0. The van der Waals surface area contributed by atoms with Gasteiger partial charge in [0.1, 0.15) is 6.10 Å². The van der Waals surface area contributed by atoms with Crippen LogP contribution in [0, 0.1) is 46.3 Å². The Kier molecular flexibility index (Phi) is 8.13. The summed E-state index contributed by atoms with van der Waals surface area (Å²) in [7, 11) is 1.43. The van der Waals surface area contributed by atoms with E-state index in [-0.39, 0.29) is 52.5 Å². The number of aliphatic hydroxyl groups excluding tert-OH is 2. The maximum Gasteiger partial charge on any atom is 0.339 e. The first kappa shape index (κ1) is 28.9. The van der Waals surface area contributed by atoms with Crippen LogP contribution in [0.25, 0.3) is 0 Å². The number of rotatable bonds is 6. The Morgan fingerprint density at radius 1 is 1.08 bits per heavy atom. The van der Waals surface area contributed by atoms with E-state index in [1.165, 1.54) is 7.11 Å². The van der Waals surface area contributed by atoms with Crippen molar-refractivity contribution in [3.63, 3.8) is 0 Å². The third-order valence-corrected chi connectivity index (χ3v) is 12.2. The molecule has 0 saturated heterocycles. The number of hydrogen-bond donors (Lipinski definition) is 2. The van der Waals surface area contributed by atoms with Gasteiger partial charge in [-0.1, -0.05) is 44.5 Å². The third-order valence-electron chi connectivity index (χ3n) is 11.9. The molecule has 0 unspecified atom stereocenters. The molecule has 6 nitrogen and oxygen atoms in total. The van der Waals surface area contributed by atoms with E-state index in [1.54, 1.807) is 24.3 Å². The zero-order chi connectivity index (χ0) is 28.1. The second-order valence-electron chi connectivity index (χ2n) is 13.5. The van der Waals surface area contributed by atoms with Crippen LogP contribution in [-0.2, 0) is 14.3 Å². The molecule has 4 aliphatic carbocycles. The molecule has 0 bridgehead atoms. The Balaban J connectivity index is 1.30. The number of methoxy groups -OCH3 is 1. The first-order chi connectivity index (χ1) is 18.5. The van der Waals surface area contributed by atoms with Gasteiger partial charge in [0, 0.05) is 6.42 Å². The smallest absolute Gasteiger partial charge is 0.339 e. The van der Waals surface area contributed by atoms with Crippen molar-refractivity contribution in [2.45, 2.75) is 96.9 Å². The molecule has 1 aromatic carbocycles. The zero-order valence-electron chi connectivity index (χ0n) is 23.8. The quantitative estimate of drug-likeness (QED) is 0.411. The van der Waals surface area contributed by atoms with Gasteiger partial charge >= 0.3 is 11.9 Å². The molecule has 0 spiro atoms. The fourth-order valence-corrected chi connectivity index (χ4v) is 9.93. The number of esters is 2. The van der Waals surface area contributed by atoms with Crippen LogP contribution in [0.2, 0.25) is 5.02 Å². The molecule has 0 aromatic heterocycles. The van der Waals surface area contributed by atoms with Crippen molar-refractivity contribution in [2.24, 2.45) is 46.3 Å². The summed E-state index contributed by atoms with van der Waals surface area (Å²) in [4.78, 5) is 24.6. The summed E-state index contributed by atoms with van der Waals surface area (Å²) in [6, 6.07) is 6.97. The number of aliphatic hydroxyl groups is 2. The highest BCUT2D eigenvalue weighted by atomic mass is 35.5. The molecule has 7 heteroatoms. The zero-order valence-corrected chi connectivity index (χ0v) is 24.5. The van der Waals surface area contributed by atoms with E-state index in [0.717, 1.165) is 38.5 Å². The summed E-state index contributed by atoms with van der Waals surface area (Å²) < 4.78 is 10.8. The summed E-state index contributed by atoms with van der Waals surface area (Å²) in [5.74, 6) is 0.965. The molecule has 4 fully saturated rings. The summed E-state index contributed by atoms with van der Waals surface area (Å²) in [5, 5.41) is 23.8. The molecule has 4 saturated carbocycles. The van der Waals surface area contributed by atoms with Gasteiger partial charge in [0.05, 0.1) is 29.9 Å². The minimum absolute atomic E-state index is 0.00586. The minimum Gasteiger partial charge on any atom is -0.469 e. The van der Waals surface area contributed by atoms with E-state index in [1.807, 2.05) is 0 Å². The molecule has 1 aromatic rings. The van der Waals surface area contributed by atoms with Gasteiger partial charge in [-0.25, -0.2) is 4.79 Å². The average molecular weight is 561 g/mol. The maximum atomic E-state index is 12.8. The number of halogens is 1. The molecule has 11 atom stereocenters. The second-order valence-corrected chi connectivity index (χ2v) is 13.9.